The Balaban J connectivity index is 2.47. The van der Waals surface area contributed by atoms with Crippen LogP contribution in [0.1, 0.15) is 39.5 Å². The Morgan fingerprint density at radius 1 is 1.12 bits per heavy atom. The van der Waals surface area contributed by atoms with Crippen molar-refractivity contribution in [2.24, 2.45) is 0 Å². The van der Waals surface area contributed by atoms with Crippen LogP contribution in [0.4, 0.5) is 0 Å². The molecule has 0 aliphatic carbocycles. The van der Waals surface area contributed by atoms with E-state index in [0.717, 1.165) is 25.9 Å². The minimum atomic E-state index is -0.999. The van der Waals surface area contributed by atoms with Crippen LogP contribution in [0.25, 0.3) is 0 Å². The van der Waals surface area contributed by atoms with Crippen LogP contribution in [-0.4, -0.2) is 47.1 Å². The van der Waals surface area contributed by atoms with Crippen LogP contribution in [-0.2, 0) is 9.59 Å². The monoisotopic (exact) mass is 242 g/mol. The van der Waals surface area contributed by atoms with Gasteiger partial charge in [0.25, 0.3) is 0 Å². The fourth-order valence-electron chi connectivity index (χ4n) is 2.04. The van der Waals surface area contributed by atoms with Crippen molar-refractivity contribution in [3.8, 4) is 0 Å². The minimum Gasteiger partial charge on any atom is -0.480 e. The minimum absolute atomic E-state index is 0.193. The van der Waals surface area contributed by atoms with Crippen LogP contribution < -0.4 is 5.32 Å². The highest BCUT2D eigenvalue weighted by atomic mass is 16.4. The zero-order chi connectivity index (χ0) is 12.8. The van der Waals surface area contributed by atoms with Gasteiger partial charge in [0, 0.05) is 0 Å². The van der Waals surface area contributed by atoms with Gasteiger partial charge in [-0.05, 0) is 39.8 Å². The number of likely N-dealkylation sites (tertiary alicyclic amines) is 1. The number of amides is 1. The number of rotatable bonds is 4. The number of carbonyl (C=O) groups is 2. The van der Waals surface area contributed by atoms with E-state index in [0.29, 0.717) is 0 Å². The molecule has 0 radical (unpaired) electrons. The standard InChI is InChI=1S/C12H22N2O3/c1-9(12(16)17)13-11(15)10(2)14-7-5-3-4-6-8-14/h9-10H,3-8H2,1-2H3,(H,13,15)(H,16,17). The summed E-state index contributed by atoms with van der Waals surface area (Å²) >= 11 is 0. The fraction of sp³-hybridized carbons (Fsp3) is 0.833. The summed E-state index contributed by atoms with van der Waals surface area (Å²) in [6, 6.07) is -1.06. The van der Waals surface area contributed by atoms with Crippen LogP contribution >= 0.6 is 0 Å². The second-order valence-electron chi connectivity index (χ2n) is 4.69. The average Bonchev–Trinajstić information content (AvgIpc) is 2.56. The van der Waals surface area contributed by atoms with Crippen LogP contribution in [0.2, 0.25) is 0 Å². The van der Waals surface area contributed by atoms with Crippen LogP contribution in [0.5, 0.6) is 0 Å². The Kier molecular flexibility index (Phi) is 5.41. The summed E-state index contributed by atoms with van der Waals surface area (Å²) in [4.78, 5) is 24.6. The smallest absolute Gasteiger partial charge is 0.325 e. The number of carbonyl (C=O) groups excluding carboxylic acids is 1. The first kappa shape index (κ1) is 14.0. The molecule has 1 rings (SSSR count). The molecular weight excluding hydrogens is 220 g/mol. The lowest BCUT2D eigenvalue weighted by atomic mass is 10.2. The molecule has 0 bridgehead atoms. The average molecular weight is 242 g/mol. The molecule has 1 saturated heterocycles. The van der Waals surface area contributed by atoms with Gasteiger partial charge in [0.05, 0.1) is 6.04 Å². The van der Waals surface area contributed by atoms with E-state index in [-0.39, 0.29) is 11.9 Å². The van der Waals surface area contributed by atoms with E-state index in [9.17, 15) is 9.59 Å². The number of nitrogens with one attached hydrogen (secondary N) is 1. The van der Waals surface area contributed by atoms with Crippen molar-refractivity contribution in [1.29, 1.82) is 0 Å². The highest BCUT2D eigenvalue weighted by molar-refractivity contribution is 5.86. The molecule has 17 heavy (non-hydrogen) atoms. The third-order valence-electron chi connectivity index (χ3n) is 3.30. The Bertz CT molecular complexity index is 273. The van der Waals surface area contributed by atoms with Crippen molar-refractivity contribution in [2.45, 2.75) is 51.6 Å². The van der Waals surface area contributed by atoms with Gasteiger partial charge < -0.3 is 10.4 Å². The molecule has 0 aromatic rings. The maximum atomic E-state index is 11.9. The van der Waals surface area contributed by atoms with Gasteiger partial charge in [0.15, 0.2) is 0 Å². The van der Waals surface area contributed by atoms with Crippen LogP contribution in [0.15, 0.2) is 0 Å². The second-order valence-corrected chi connectivity index (χ2v) is 4.69. The van der Waals surface area contributed by atoms with Crippen molar-refractivity contribution in [3.05, 3.63) is 0 Å². The van der Waals surface area contributed by atoms with E-state index in [1.54, 1.807) is 0 Å². The summed E-state index contributed by atoms with van der Waals surface area (Å²) in [7, 11) is 0. The van der Waals surface area contributed by atoms with Gasteiger partial charge in [-0.1, -0.05) is 12.8 Å². The Labute approximate surface area is 102 Å². The van der Waals surface area contributed by atoms with Gasteiger partial charge in [0.1, 0.15) is 6.04 Å². The predicted molar refractivity (Wildman–Crippen MR) is 64.7 cm³/mol. The topological polar surface area (TPSA) is 69.6 Å². The summed E-state index contributed by atoms with van der Waals surface area (Å²) in [6.45, 7) is 5.18. The number of hydrogen-bond acceptors (Lipinski definition) is 3. The summed E-state index contributed by atoms with van der Waals surface area (Å²) < 4.78 is 0. The summed E-state index contributed by atoms with van der Waals surface area (Å²) in [5.41, 5.74) is 0. The number of carboxylic acids is 1. The number of nitrogens with zero attached hydrogens (tertiary/aromatic N) is 1. The van der Waals surface area contributed by atoms with Crippen LogP contribution in [0.3, 0.4) is 0 Å². The molecule has 5 nitrogen and oxygen atoms in total. The van der Waals surface area contributed by atoms with Gasteiger partial charge >= 0.3 is 5.97 Å². The first-order chi connectivity index (χ1) is 8.02. The number of carboxylic acid groups (broad SMARTS) is 1. The van der Waals surface area contributed by atoms with E-state index < -0.39 is 12.0 Å². The van der Waals surface area contributed by atoms with E-state index in [2.05, 4.69) is 10.2 Å². The number of aliphatic carboxylic acids is 1. The zero-order valence-electron chi connectivity index (χ0n) is 10.6. The van der Waals surface area contributed by atoms with Crippen molar-refractivity contribution in [1.82, 2.24) is 10.2 Å². The third kappa shape index (κ3) is 4.34. The van der Waals surface area contributed by atoms with Crippen molar-refractivity contribution in [2.75, 3.05) is 13.1 Å². The Morgan fingerprint density at radius 2 is 1.65 bits per heavy atom. The molecule has 1 aliphatic rings. The summed E-state index contributed by atoms with van der Waals surface area (Å²) in [5, 5.41) is 11.3. The largest absolute Gasteiger partial charge is 0.480 e. The highest BCUT2D eigenvalue weighted by Crippen LogP contribution is 2.12. The fourth-order valence-corrected chi connectivity index (χ4v) is 2.04. The molecular formula is C12H22N2O3. The molecule has 1 amide bonds. The van der Waals surface area contributed by atoms with Gasteiger partial charge in [-0.25, -0.2) is 0 Å². The lowest BCUT2D eigenvalue weighted by Crippen LogP contribution is -2.49. The molecule has 0 aromatic heterocycles. The van der Waals surface area contributed by atoms with E-state index >= 15 is 0 Å². The van der Waals surface area contributed by atoms with E-state index in [1.807, 2.05) is 6.92 Å². The first-order valence-electron chi connectivity index (χ1n) is 6.29. The second kappa shape index (κ2) is 6.59. The quantitative estimate of drug-likeness (QED) is 0.766. The lowest BCUT2D eigenvalue weighted by Gasteiger charge is -2.27. The van der Waals surface area contributed by atoms with Gasteiger partial charge in [0.2, 0.25) is 5.91 Å². The lowest BCUT2D eigenvalue weighted by molar-refractivity contribution is -0.142. The maximum Gasteiger partial charge on any atom is 0.325 e. The van der Waals surface area contributed by atoms with Crippen molar-refractivity contribution >= 4 is 11.9 Å². The number of hydrogen-bond donors (Lipinski definition) is 2. The molecule has 98 valence electrons. The predicted octanol–water partition coefficient (Wildman–Crippen LogP) is 0.840. The first-order valence-corrected chi connectivity index (χ1v) is 6.29. The van der Waals surface area contributed by atoms with E-state index in [4.69, 9.17) is 5.11 Å². The SMILES string of the molecule is CC(NC(=O)C(C)N1CCCCCC1)C(=O)O. The molecule has 1 fully saturated rings. The molecule has 2 unspecified atom stereocenters. The normalized spacial score (nSPS) is 21.3. The van der Waals surface area contributed by atoms with Crippen LogP contribution in [0, 0.1) is 0 Å². The van der Waals surface area contributed by atoms with Gasteiger partial charge in [-0.3, -0.25) is 14.5 Å². The molecule has 0 aromatic carbocycles. The Morgan fingerprint density at radius 3 is 2.12 bits per heavy atom. The van der Waals surface area contributed by atoms with Crippen molar-refractivity contribution < 1.29 is 14.7 Å². The van der Waals surface area contributed by atoms with Gasteiger partial charge in [-0.2, -0.15) is 0 Å². The zero-order valence-corrected chi connectivity index (χ0v) is 10.6. The molecule has 1 heterocycles. The maximum absolute atomic E-state index is 11.9. The summed E-state index contributed by atoms with van der Waals surface area (Å²) in [5.74, 6) is -1.19. The molecule has 5 heteroatoms. The molecule has 2 atom stereocenters. The molecule has 2 N–H and O–H groups in total. The molecule has 1 aliphatic heterocycles. The van der Waals surface area contributed by atoms with E-state index in [1.165, 1.54) is 19.8 Å². The molecule has 0 spiro atoms. The van der Waals surface area contributed by atoms with Crippen molar-refractivity contribution in [3.63, 3.8) is 0 Å². The summed E-state index contributed by atoms with van der Waals surface area (Å²) in [6.07, 6.45) is 4.67. The molecule has 0 saturated carbocycles. The Hall–Kier alpha value is -1.10. The highest BCUT2D eigenvalue weighted by Gasteiger charge is 2.24. The van der Waals surface area contributed by atoms with Gasteiger partial charge in [-0.15, -0.1) is 0 Å². The third-order valence-corrected chi connectivity index (χ3v) is 3.30.